The molecule has 0 aliphatic heterocycles. The van der Waals surface area contributed by atoms with E-state index in [1.165, 1.54) is 12.1 Å². The number of thioether (sulfide) groups is 1. The fourth-order valence-corrected chi connectivity index (χ4v) is 2.69. The van der Waals surface area contributed by atoms with Crippen LogP contribution in [0.5, 0.6) is 0 Å². The van der Waals surface area contributed by atoms with Crippen molar-refractivity contribution >= 4 is 23.6 Å². The highest BCUT2D eigenvalue weighted by Crippen LogP contribution is 2.14. The van der Waals surface area contributed by atoms with E-state index in [4.69, 9.17) is 5.11 Å². The molecule has 0 aliphatic carbocycles. The van der Waals surface area contributed by atoms with Crippen molar-refractivity contribution in [3.8, 4) is 0 Å². The highest BCUT2D eigenvalue weighted by molar-refractivity contribution is 7.98. The maximum Gasteiger partial charge on any atom is 0.335 e. The molecule has 0 radical (unpaired) electrons. The first-order valence-corrected chi connectivity index (χ1v) is 7.50. The Bertz CT molecular complexity index is 462. The minimum absolute atomic E-state index is 0.135. The number of rotatable bonds is 6. The van der Waals surface area contributed by atoms with Crippen molar-refractivity contribution in [2.24, 2.45) is 0 Å². The van der Waals surface area contributed by atoms with Crippen LogP contribution in [0.3, 0.4) is 0 Å². The number of hydrogen-bond donors (Lipinski definition) is 1. The van der Waals surface area contributed by atoms with E-state index >= 15 is 0 Å². The summed E-state index contributed by atoms with van der Waals surface area (Å²) in [6.45, 7) is 2.04. The van der Waals surface area contributed by atoms with Crippen LogP contribution in [0.1, 0.15) is 34.1 Å². The number of carboxylic acids is 1. The smallest absolute Gasteiger partial charge is 0.335 e. The van der Waals surface area contributed by atoms with E-state index < -0.39 is 5.97 Å². The third-order valence-electron chi connectivity index (χ3n) is 3.05. The molecule has 0 heterocycles. The van der Waals surface area contributed by atoms with Gasteiger partial charge in [-0.2, -0.15) is 11.8 Å². The largest absolute Gasteiger partial charge is 0.478 e. The number of hydrogen-bond acceptors (Lipinski definition) is 3. The predicted molar refractivity (Wildman–Crippen MR) is 78.0 cm³/mol. The van der Waals surface area contributed by atoms with Crippen molar-refractivity contribution in [2.45, 2.75) is 19.4 Å². The van der Waals surface area contributed by atoms with E-state index in [0.29, 0.717) is 5.56 Å². The molecule has 1 aromatic carbocycles. The lowest BCUT2D eigenvalue weighted by molar-refractivity contribution is 0.0697. The topological polar surface area (TPSA) is 57.6 Å². The Kier molecular flexibility index (Phi) is 5.89. The molecule has 0 aliphatic rings. The molecule has 4 nitrogen and oxygen atoms in total. The molecule has 0 saturated carbocycles. The zero-order chi connectivity index (χ0) is 14.4. The zero-order valence-electron chi connectivity index (χ0n) is 11.4. The first-order chi connectivity index (χ1) is 9.01. The molecule has 1 atom stereocenters. The molecular weight excluding hydrogens is 262 g/mol. The minimum Gasteiger partial charge on any atom is -0.478 e. The zero-order valence-corrected chi connectivity index (χ0v) is 12.2. The van der Waals surface area contributed by atoms with Gasteiger partial charge in [0, 0.05) is 24.4 Å². The van der Waals surface area contributed by atoms with Crippen molar-refractivity contribution in [3.63, 3.8) is 0 Å². The summed E-state index contributed by atoms with van der Waals surface area (Å²) in [5, 5.41) is 8.94. The molecule has 19 heavy (non-hydrogen) atoms. The van der Waals surface area contributed by atoms with E-state index in [1.807, 2.05) is 13.2 Å². The van der Waals surface area contributed by atoms with Crippen molar-refractivity contribution in [1.82, 2.24) is 4.90 Å². The van der Waals surface area contributed by atoms with Crippen LogP contribution in [-0.2, 0) is 0 Å². The van der Waals surface area contributed by atoms with E-state index in [2.05, 4.69) is 0 Å². The normalized spacial score (nSPS) is 11.9. The number of carboxylic acid groups (broad SMARTS) is 1. The Morgan fingerprint density at radius 2 is 2.00 bits per heavy atom. The Labute approximate surface area is 117 Å². The molecule has 1 unspecified atom stereocenters. The second-order valence-electron chi connectivity index (χ2n) is 4.32. The van der Waals surface area contributed by atoms with E-state index in [9.17, 15) is 9.59 Å². The molecule has 1 N–H and O–H groups in total. The van der Waals surface area contributed by atoms with Gasteiger partial charge in [0.2, 0.25) is 0 Å². The van der Waals surface area contributed by atoms with Crippen LogP contribution in [0.15, 0.2) is 24.3 Å². The summed E-state index contributed by atoms with van der Waals surface area (Å²) in [6.07, 6.45) is 2.88. The van der Waals surface area contributed by atoms with Gasteiger partial charge < -0.3 is 10.0 Å². The summed E-state index contributed by atoms with van der Waals surface area (Å²) in [4.78, 5) is 24.9. The van der Waals surface area contributed by atoms with Gasteiger partial charge in [0.1, 0.15) is 0 Å². The van der Waals surface area contributed by atoms with Crippen molar-refractivity contribution < 1.29 is 14.7 Å². The van der Waals surface area contributed by atoms with Crippen molar-refractivity contribution in [3.05, 3.63) is 35.4 Å². The lowest BCUT2D eigenvalue weighted by Crippen LogP contribution is -2.38. The molecule has 0 aromatic heterocycles. The van der Waals surface area contributed by atoms with Crippen LogP contribution in [0.2, 0.25) is 0 Å². The molecule has 0 fully saturated rings. The summed E-state index contributed by atoms with van der Waals surface area (Å²) in [7, 11) is 1.76. The number of amides is 1. The van der Waals surface area contributed by atoms with E-state index in [-0.39, 0.29) is 17.5 Å². The Hall–Kier alpha value is -1.49. The monoisotopic (exact) mass is 281 g/mol. The van der Waals surface area contributed by atoms with Gasteiger partial charge >= 0.3 is 5.97 Å². The third kappa shape index (κ3) is 3.99. The quantitative estimate of drug-likeness (QED) is 0.870. The molecular formula is C14H19NO3S. The Balaban J connectivity index is 2.92. The summed E-state index contributed by atoms with van der Waals surface area (Å²) in [5.74, 6) is -0.283. The fourth-order valence-electron chi connectivity index (χ4n) is 1.85. The molecule has 0 saturated heterocycles. The van der Waals surface area contributed by atoms with E-state index in [1.54, 1.807) is 35.8 Å². The standard InChI is InChI=1S/C14H19NO3S/c1-4-12(9-19-3)15(2)13(16)10-6-5-7-11(8-10)14(17)18/h5-8,12H,4,9H2,1-3H3,(H,17,18). The lowest BCUT2D eigenvalue weighted by Gasteiger charge is -2.27. The van der Waals surface area contributed by atoms with Gasteiger partial charge in [0.05, 0.1) is 5.56 Å². The number of carbonyl (C=O) groups is 2. The van der Waals surface area contributed by atoms with E-state index in [0.717, 1.165) is 12.2 Å². The molecule has 1 aromatic rings. The number of nitrogens with zero attached hydrogens (tertiary/aromatic N) is 1. The summed E-state index contributed by atoms with van der Waals surface area (Å²) in [6, 6.07) is 6.32. The SMILES string of the molecule is CCC(CSC)N(C)C(=O)c1cccc(C(=O)O)c1. The highest BCUT2D eigenvalue weighted by atomic mass is 32.2. The Morgan fingerprint density at radius 1 is 1.37 bits per heavy atom. The van der Waals surface area contributed by atoms with Gasteiger partial charge in [-0.1, -0.05) is 13.0 Å². The summed E-state index contributed by atoms with van der Waals surface area (Å²) < 4.78 is 0. The van der Waals surface area contributed by atoms with Crippen molar-refractivity contribution in [1.29, 1.82) is 0 Å². The van der Waals surface area contributed by atoms with Crippen molar-refractivity contribution in [2.75, 3.05) is 19.1 Å². The minimum atomic E-state index is -1.02. The van der Waals surface area contributed by atoms with Crippen LogP contribution < -0.4 is 0 Å². The molecule has 0 bridgehead atoms. The molecule has 5 heteroatoms. The molecule has 104 valence electrons. The van der Waals surface area contributed by atoms with Gasteiger partial charge in [-0.25, -0.2) is 4.79 Å². The number of aromatic carboxylic acids is 1. The second-order valence-corrected chi connectivity index (χ2v) is 5.23. The van der Waals surface area contributed by atoms with Gasteiger partial charge in [0.25, 0.3) is 5.91 Å². The first-order valence-electron chi connectivity index (χ1n) is 6.10. The van der Waals surface area contributed by atoms with Crippen LogP contribution in [0.4, 0.5) is 0 Å². The average molecular weight is 281 g/mol. The van der Waals surface area contributed by atoms with Crippen LogP contribution in [0.25, 0.3) is 0 Å². The number of carbonyl (C=O) groups excluding carboxylic acids is 1. The molecule has 1 amide bonds. The summed E-state index contributed by atoms with van der Waals surface area (Å²) >= 11 is 1.70. The van der Waals surface area contributed by atoms with Gasteiger partial charge in [-0.3, -0.25) is 4.79 Å². The average Bonchev–Trinajstić information content (AvgIpc) is 2.43. The van der Waals surface area contributed by atoms with Crippen LogP contribution in [-0.4, -0.2) is 47.0 Å². The first kappa shape index (κ1) is 15.6. The third-order valence-corrected chi connectivity index (χ3v) is 3.77. The van der Waals surface area contributed by atoms with Crippen LogP contribution in [0, 0.1) is 0 Å². The highest BCUT2D eigenvalue weighted by Gasteiger charge is 2.20. The molecule has 1 rings (SSSR count). The van der Waals surface area contributed by atoms with Gasteiger partial charge in [-0.05, 0) is 30.9 Å². The van der Waals surface area contributed by atoms with Gasteiger partial charge in [0.15, 0.2) is 0 Å². The Morgan fingerprint density at radius 3 is 2.53 bits per heavy atom. The fraction of sp³-hybridized carbons (Fsp3) is 0.429. The number of benzene rings is 1. The maximum absolute atomic E-state index is 12.3. The predicted octanol–water partition coefficient (Wildman–Crippen LogP) is 2.60. The second kappa shape index (κ2) is 7.19. The van der Waals surface area contributed by atoms with Gasteiger partial charge in [-0.15, -0.1) is 0 Å². The lowest BCUT2D eigenvalue weighted by atomic mass is 10.1. The summed E-state index contributed by atoms with van der Waals surface area (Å²) in [5.41, 5.74) is 0.555. The van der Waals surface area contributed by atoms with Crippen LogP contribution >= 0.6 is 11.8 Å². The maximum atomic E-state index is 12.3. The molecule has 0 spiro atoms.